The number of ether oxygens (including phenoxy) is 1. The van der Waals surface area contributed by atoms with Crippen molar-refractivity contribution in [3.63, 3.8) is 0 Å². The molecule has 1 aliphatic carbocycles. The fourth-order valence-corrected chi connectivity index (χ4v) is 2.07. The first-order chi connectivity index (χ1) is 7.87. The molecule has 0 radical (unpaired) electrons. The van der Waals surface area contributed by atoms with Crippen LogP contribution in [0.1, 0.15) is 24.5 Å². The van der Waals surface area contributed by atoms with Crippen LogP contribution in [0.2, 0.25) is 5.02 Å². The monoisotopic (exact) mass is 262 g/mol. The first kappa shape index (κ1) is 12.0. The number of carbonyl (C=O) groups excluding carboxylic acids is 1. The fraction of sp³-hybridized carbons (Fsp3) is 0.400. The van der Waals surface area contributed by atoms with Gasteiger partial charge in [-0.2, -0.15) is 0 Å². The van der Waals surface area contributed by atoms with Crippen molar-refractivity contribution < 1.29 is 18.3 Å². The normalized spacial score (nSPS) is 18.5. The lowest BCUT2D eigenvalue weighted by molar-refractivity contribution is -0.0875. The number of pyridine rings is 1. The number of aromatic nitrogens is 1. The summed E-state index contributed by atoms with van der Waals surface area (Å²) in [5.74, 6) is -2.88. The Bertz CT molecular complexity index is 460. The second kappa shape index (κ2) is 4.10. The molecule has 1 aromatic heterocycles. The number of hydrogen-bond donors (Lipinski definition) is 1. The van der Waals surface area contributed by atoms with Crippen molar-refractivity contribution in [3.8, 4) is 5.75 Å². The van der Waals surface area contributed by atoms with Gasteiger partial charge in [0.15, 0.2) is 5.75 Å². The number of alkyl halides is 2. The molecule has 0 unspecified atom stereocenters. The summed E-state index contributed by atoms with van der Waals surface area (Å²) in [4.78, 5) is 14.4. The van der Waals surface area contributed by atoms with Crippen LogP contribution in [-0.2, 0) is 0 Å². The Morgan fingerprint density at radius 3 is 2.71 bits per heavy atom. The van der Waals surface area contributed by atoms with E-state index in [0.29, 0.717) is 5.69 Å². The highest BCUT2D eigenvalue weighted by atomic mass is 35.5. The summed E-state index contributed by atoms with van der Waals surface area (Å²) < 4.78 is 30.0. The van der Waals surface area contributed by atoms with E-state index in [9.17, 15) is 13.6 Å². The van der Waals surface area contributed by atoms with E-state index in [-0.39, 0.29) is 29.5 Å². The van der Waals surface area contributed by atoms with Crippen molar-refractivity contribution in [1.82, 2.24) is 4.98 Å². The quantitative estimate of drug-likeness (QED) is 0.891. The lowest BCUT2D eigenvalue weighted by Crippen LogP contribution is -2.34. The second-order valence-electron chi connectivity index (χ2n) is 3.92. The van der Waals surface area contributed by atoms with Gasteiger partial charge in [-0.3, -0.25) is 4.98 Å². The van der Waals surface area contributed by atoms with Crippen LogP contribution in [0, 0.1) is 0 Å². The van der Waals surface area contributed by atoms with Gasteiger partial charge in [0.25, 0.3) is 0 Å². The molecule has 0 spiro atoms. The zero-order valence-electron chi connectivity index (χ0n) is 8.62. The maximum absolute atomic E-state index is 12.7. The Balaban J connectivity index is 2.13. The number of hydrogen-bond acceptors (Lipinski definition) is 3. The number of carbonyl (C=O) groups is 1. The van der Waals surface area contributed by atoms with Crippen LogP contribution in [0.5, 0.6) is 5.75 Å². The van der Waals surface area contributed by atoms with Crippen LogP contribution in [0.3, 0.4) is 0 Å². The maximum Gasteiger partial charge on any atom is 0.410 e. The first-order valence-electron chi connectivity index (χ1n) is 4.88. The molecule has 17 heavy (non-hydrogen) atoms. The first-order valence-corrected chi connectivity index (χ1v) is 5.26. The predicted octanol–water partition coefficient (Wildman–Crippen LogP) is 2.71. The SMILES string of the molecule is NC(=O)Oc1cnc(C2CC(F)(F)C2)c(Cl)c1. The molecule has 1 fully saturated rings. The van der Waals surface area contributed by atoms with Gasteiger partial charge in [-0.15, -0.1) is 0 Å². The Kier molecular flexibility index (Phi) is 2.91. The summed E-state index contributed by atoms with van der Waals surface area (Å²) in [6.07, 6.45) is -0.251. The van der Waals surface area contributed by atoms with Crippen molar-refractivity contribution >= 4 is 17.7 Å². The zero-order valence-corrected chi connectivity index (χ0v) is 9.38. The fourth-order valence-electron chi connectivity index (χ4n) is 1.76. The summed E-state index contributed by atoms with van der Waals surface area (Å²) in [6, 6.07) is 1.34. The van der Waals surface area contributed by atoms with Crippen LogP contribution in [0.4, 0.5) is 13.6 Å². The molecule has 2 rings (SSSR count). The lowest BCUT2D eigenvalue weighted by atomic mass is 9.79. The number of halogens is 3. The summed E-state index contributed by atoms with van der Waals surface area (Å²) in [7, 11) is 0. The lowest BCUT2D eigenvalue weighted by Gasteiger charge is -2.34. The molecule has 1 heterocycles. The van der Waals surface area contributed by atoms with E-state index in [4.69, 9.17) is 17.3 Å². The number of nitrogens with zero attached hydrogens (tertiary/aromatic N) is 1. The molecule has 0 bridgehead atoms. The minimum Gasteiger partial charge on any atom is -0.409 e. The molecule has 0 aromatic carbocycles. The van der Waals surface area contributed by atoms with Crippen LogP contribution in [-0.4, -0.2) is 17.0 Å². The molecule has 7 heteroatoms. The van der Waals surface area contributed by atoms with E-state index in [1.165, 1.54) is 12.3 Å². The second-order valence-corrected chi connectivity index (χ2v) is 4.33. The van der Waals surface area contributed by atoms with Gasteiger partial charge in [-0.25, -0.2) is 13.6 Å². The van der Waals surface area contributed by atoms with E-state index >= 15 is 0 Å². The molecule has 0 atom stereocenters. The van der Waals surface area contributed by atoms with Crippen LogP contribution in [0.25, 0.3) is 0 Å². The summed E-state index contributed by atoms with van der Waals surface area (Å²) in [5.41, 5.74) is 5.21. The molecule has 1 amide bonds. The molecular formula is C10H9ClF2N2O2. The molecule has 0 aliphatic heterocycles. The van der Waals surface area contributed by atoms with Gasteiger partial charge in [-0.05, 0) is 0 Å². The van der Waals surface area contributed by atoms with Crippen molar-refractivity contribution in [2.75, 3.05) is 0 Å². The van der Waals surface area contributed by atoms with Crippen molar-refractivity contribution in [3.05, 3.63) is 23.0 Å². The number of nitrogens with two attached hydrogens (primary N) is 1. The highest BCUT2D eigenvalue weighted by Gasteiger charge is 2.47. The largest absolute Gasteiger partial charge is 0.410 e. The Morgan fingerprint density at radius 1 is 1.59 bits per heavy atom. The minimum absolute atomic E-state index is 0.0948. The highest BCUT2D eigenvalue weighted by Crippen LogP contribution is 2.49. The maximum atomic E-state index is 12.7. The van der Waals surface area contributed by atoms with Gasteiger partial charge < -0.3 is 10.5 Å². The zero-order chi connectivity index (χ0) is 12.6. The van der Waals surface area contributed by atoms with Crippen molar-refractivity contribution in [2.24, 2.45) is 5.73 Å². The number of primary amides is 1. The van der Waals surface area contributed by atoms with E-state index in [1.54, 1.807) is 0 Å². The molecule has 92 valence electrons. The van der Waals surface area contributed by atoms with Gasteiger partial charge in [0.05, 0.1) is 16.9 Å². The van der Waals surface area contributed by atoms with E-state index in [1.807, 2.05) is 0 Å². The van der Waals surface area contributed by atoms with Crippen molar-refractivity contribution in [2.45, 2.75) is 24.7 Å². The summed E-state index contributed by atoms with van der Waals surface area (Å²) in [6.45, 7) is 0. The van der Waals surface area contributed by atoms with Crippen LogP contribution >= 0.6 is 11.6 Å². The molecule has 0 saturated heterocycles. The molecule has 2 N–H and O–H groups in total. The van der Waals surface area contributed by atoms with Crippen LogP contribution < -0.4 is 10.5 Å². The van der Waals surface area contributed by atoms with Gasteiger partial charge in [0.2, 0.25) is 5.92 Å². The topological polar surface area (TPSA) is 65.2 Å². The third-order valence-electron chi connectivity index (χ3n) is 2.54. The average molecular weight is 263 g/mol. The van der Waals surface area contributed by atoms with E-state index in [2.05, 4.69) is 9.72 Å². The molecule has 1 aliphatic rings. The van der Waals surface area contributed by atoms with Gasteiger partial charge >= 0.3 is 6.09 Å². The average Bonchev–Trinajstić information content (AvgIpc) is 2.13. The van der Waals surface area contributed by atoms with Gasteiger partial charge in [0.1, 0.15) is 0 Å². The van der Waals surface area contributed by atoms with Gasteiger partial charge in [-0.1, -0.05) is 11.6 Å². The number of rotatable bonds is 2. The Labute approximate surface area is 101 Å². The molecule has 1 aromatic rings. The summed E-state index contributed by atoms with van der Waals surface area (Å²) >= 11 is 5.87. The van der Waals surface area contributed by atoms with E-state index in [0.717, 1.165) is 0 Å². The smallest absolute Gasteiger partial charge is 0.409 e. The molecular weight excluding hydrogens is 254 g/mol. The predicted molar refractivity (Wildman–Crippen MR) is 56.4 cm³/mol. The third-order valence-corrected chi connectivity index (χ3v) is 2.84. The minimum atomic E-state index is -2.63. The summed E-state index contributed by atoms with van der Waals surface area (Å²) in [5, 5.41) is 0.198. The molecule has 1 saturated carbocycles. The van der Waals surface area contributed by atoms with Crippen molar-refractivity contribution in [1.29, 1.82) is 0 Å². The van der Waals surface area contributed by atoms with E-state index < -0.39 is 12.0 Å². The molecule has 4 nitrogen and oxygen atoms in total. The van der Waals surface area contributed by atoms with Crippen LogP contribution in [0.15, 0.2) is 12.3 Å². The highest BCUT2D eigenvalue weighted by molar-refractivity contribution is 6.31. The third kappa shape index (κ3) is 2.63. The number of amides is 1. The van der Waals surface area contributed by atoms with Gasteiger partial charge in [0, 0.05) is 24.8 Å². The Hall–Kier alpha value is -1.43. The standard InChI is InChI=1S/C10H9ClF2N2O2/c11-7-1-6(17-9(14)16)4-15-8(7)5-2-10(12,13)3-5/h1,4-5H,2-3H2,(H2,14,16). The Morgan fingerprint density at radius 2 is 2.24 bits per heavy atom.